The van der Waals surface area contributed by atoms with Gasteiger partial charge in [0.25, 0.3) is 0 Å². The summed E-state index contributed by atoms with van der Waals surface area (Å²) in [6.07, 6.45) is 7.26. The fraction of sp³-hybridized carbons (Fsp3) is 0.900. The monoisotopic (exact) mass is 365 g/mol. The topological polar surface area (TPSA) is 61.9 Å². The molecule has 4 fully saturated rings. The average Bonchev–Trinajstić information content (AvgIpc) is 3.14. The van der Waals surface area contributed by atoms with Crippen LogP contribution in [0.3, 0.4) is 0 Å². The number of rotatable bonds is 2. The Labute approximate surface area is 157 Å². The number of hydrogen-bond acceptors (Lipinski definition) is 4. The third-order valence-corrected chi connectivity index (χ3v) is 6.76. The number of fused-ring (bicyclic) bond motifs is 2. The first-order valence-electron chi connectivity index (χ1n) is 10.6. The molecule has 1 N–H and O–H groups in total. The van der Waals surface area contributed by atoms with E-state index in [-0.39, 0.29) is 17.4 Å². The zero-order chi connectivity index (χ0) is 18.7. The lowest BCUT2D eigenvalue weighted by atomic mass is 9.77. The highest BCUT2D eigenvalue weighted by Gasteiger charge is 2.47. The molecule has 4 heterocycles. The van der Waals surface area contributed by atoms with Crippen molar-refractivity contribution in [3.05, 3.63) is 0 Å². The Hall–Kier alpha value is -1.30. The van der Waals surface area contributed by atoms with E-state index in [0.29, 0.717) is 31.2 Å². The second-order valence-corrected chi connectivity index (χ2v) is 8.11. The fourth-order valence-electron chi connectivity index (χ4n) is 5.41. The SMILES string of the molecule is CC.CCOC(=O)N1C2CCC1CC(N1CCC3(CC1)CNC(=O)C3)C2. The second-order valence-electron chi connectivity index (χ2n) is 8.11. The highest BCUT2D eigenvalue weighted by molar-refractivity contribution is 5.79. The van der Waals surface area contributed by atoms with Crippen molar-refractivity contribution in [1.29, 1.82) is 0 Å². The smallest absolute Gasteiger partial charge is 0.410 e. The zero-order valence-electron chi connectivity index (χ0n) is 16.6. The van der Waals surface area contributed by atoms with Crippen LogP contribution in [0.5, 0.6) is 0 Å². The minimum Gasteiger partial charge on any atom is -0.450 e. The first-order valence-corrected chi connectivity index (χ1v) is 10.6. The molecule has 26 heavy (non-hydrogen) atoms. The van der Waals surface area contributed by atoms with Gasteiger partial charge in [0.05, 0.1) is 6.61 Å². The molecular weight excluding hydrogens is 330 g/mol. The minimum absolute atomic E-state index is 0.114. The average molecular weight is 366 g/mol. The summed E-state index contributed by atoms with van der Waals surface area (Å²) in [5, 5.41) is 3.01. The van der Waals surface area contributed by atoms with Gasteiger partial charge in [0, 0.05) is 31.1 Å². The Balaban J connectivity index is 0.000000948. The van der Waals surface area contributed by atoms with E-state index < -0.39 is 0 Å². The Morgan fingerprint density at radius 3 is 2.27 bits per heavy atom. The number of carbonyl (C=O) groups excluding carboxylic acids is 2. The highest BCUT2D eigenvalue weighted by Crippen LogP contribution is 2.42. The summed E-state index contributed by atoms with van der Waals surface area (Å²) in [6, 6.07) is 1.31. The lowest BCUT2D eigenvalue weighted by molar-refractivity contribution is -0.119. The molecular formula is C20H35N3O3. The number of nitrogens with one attached hydrogen (secondary N) is 1. The van der Waals surface area contributed by atoms with Crippen LogP contribution in [0.15, 0.2) is 0 Å². The van der Waals surface area contributed by atoms with E-state index in [9.17, 15) is 9.59 Å². The minimum atomic E-state index is -0.114. The third-order valence-electron chi connectivity index (χ3n) is 6.76. The van der Waals surface area contributed by atoms with Crippen LogP contribution in [-0.4, -0.2) is 66.2 Å². The van der Waals surface area contributed by atoms with Crippen LogP contribution in [0.1, 0.15) is 65.7 Å². The van der Waals surface area contributed by atoms with Gasteiger partial charge in [-0.2, -0.15) is 0 Å². The maximum Gasteiger partial charge on any atom is 0.410 e. The van der Waals surface area contributed by atoms with Crippen molar-refractivity contribution in [3.8, 4) is 0 Å². The van der Waals surface area contributed by atoms with Gasteiger partial charge in [-0.05, 0) is 64.0 Å². The van der Waals surface area contributed by atoms with Crippen LogP contribution in [0.25, 0.3) is 0 Å². The van der Waals surface area contributed by atoms with Crippen LogP contribution in [0.2, 0.25) is 0 Å². The number of ether oxygens (including phenoxy) is 1. The molecule has 1 spiro atoms. The molecule has 148 valence electrons. The molecule has 4 aliphatic heterocycles. The Morgan fingerprint density at radius 1 is 1.15 bits per heavy atom. The standard InChI is InChI=1S/C18H29N3O3.C2H6/c1-2-24-17(23)21-13-3-4-14(21)10-15(9-13)20-7-5-18(6-8-20)11-16(22)19-12-18;1-2/h13-15H,2-12H2,1H3,(H,19,22);1-2H3. The predicted octanol–water partition coefficient (Wildman–Crippen LogP) is 2.77. The normalized spacial score (nSPS) is 32.8. The quantitative estimate of drug-likeness (QED) is 0.817. The van der Waals surface area contributed by atoms with Crippen molar-refractivity contribution >= 4 is 12.0 Å². The summed E-state index contributed by atoms with van der Waals surface area (Å²) in [5.41, 5.74) is 0.220. The van der Waals surface area contributed by atoms with Crippen molar-refractivity contribution in [3.63, 3.8) is 0 Å². The Kier molecular flexibility index (Phi) is 6.10. The summed E-state index contributed by atoms with van der Waals surface area (Å²) in [4.78, 5) is 28.4. The van der Waals surface area contributed by atoms with E-state index >= 15 is 0 Å². The Bertz CT molecular complexity index is 502. The lowest BCUT2D eigenvalue weighted by Gasteiger charge is -2.46. The molecule has 0 aromatic rings. The Morgan fingerprint density at radius 2 is 1.77 bits per heavy atom. The van der Waals surface area contributed by atoms with E-state index in [4.69, 9.17) is 4.74 Å². The number of piperidine rings is 2. The molecule has 2 amide bonds. The molecule has 0 aromatic carbocycles. The largest absolute Gasteiger partial charge is 0.450 e. The van der Waals surface area contributed by atoms with E-state index in [0.717, 1.165) is 58.2 Å². The van der Waals surface area contributed by atoms with Gasteiger partial charge in [0.1, 0.15) is 0 Å². The predicted molar refractivity (Wildman–Crippen MR) is 101 cm³/mol. The molecule has 6 heteroatoms. The van der Waals surface area contributed by atoms with Gasteiger partial charge in [0.2, 0.25) is 5.91 Å². The van der Waals surface area contributed by atoms with E-state index in [1.807, 2.05) is 25.7 Å². The first kappa shape index (κ1) is 19.5. The fourth-order valence-corrected chi connectivity index (χ4v) is 5.41. The van der Waals surface area contributed by atoms with Gasteiger partial charge in [-0.15, -0.1) is 0 Å². The number of nitrogens with zero attached hydrogens (tertiary/aromatic N) is 2. The van der Waals surface area contributed by atoms with Crippen molar-refractivity contribution in [1.82, 2.24) is 15.1 Å². The summed E-state index contributed by atoms with van der Waals surface area (Å²) in [6.45, 7) is 9.39. The highest BCUT2D eigenvalue weighted by atomic mass is 16.6. The van der Waals surface area contributed by atoms with Gasteiger partial charge >= 0.3 is 6.09 Å². The molecule has 4 rings (SSSR count). The van der Waals surface area contributed by atoms with Crippen molar-refractivity contribution in [2.24, 2.45) is 5.41 Å². The molecule has 0 saturated carbocycles. The number of likely N-dealkylation sites (tertiary alicyclic amines) is 1. The molecule has 4 aliphatic rings. The van der Waals surface area contributed by atoms with E-state index in [2.05, 4.69) is 10.2 Å². The van der Waals surface area contributed by atoms with Gasteiger partial charge in [0.15, 0.2) is 0 Å². The first-order chi connectivity index (χ1) is 12.6. The van der Waals surface area contributed by atoms with Gasteiger partial charge in [-0.25, -0.2) is 4.79 Å². The molecule has 2 bridgehead atoms. The summed E-state index contributed by atoms with van der Waals surface area (Å²) in [7, 11) is 0. The lowest BCUT2D eigenvalue weighted by Crippen LogP contribution is -2.54. The molecule has 2 atom stereocenters. The van der Waals surface area contributed by atoms with Crippen molar-refractivity contribution in [2.75, 3.05) is 26.2 Å². The van der Waals surface area contributed by atoms with E-state index in [1.165, 1.54) is 0 Å². The van der Waals surface area contributed by atoms with Gasteiger partial charge in [-0.1, -0.05) is 13.8 Å². The number of hydrogen-bond donors (Lipinski definition) is 1. The van der Waals surface area contributed by atoms with Crippen molar-refractivity contribution in [2.45, 2.75) is 83.8 Å². The molecule has 4 saturated heterocycles. The molecule has 6 nitrogen and oxygen atoms in total. The molecule has 0 radical (unpaired) electrons. The summed E-state index contributed by atoms with van der Waals surface area (Å²) in [5.74, 6) is 0.226. The summed E-state index contributed by atoms with van der Waals surface area (Å²) >= 11 is 0. The van der Waals surface area contributed by atoms with Crippen LogP contribution < -0.4 is 5.32 Å². The van der Waals surface area contributed by atoms with Crippen LogP contribution in [-0.2, 0) is 9.53 Å². The van der Waals surface area contributed by atoms with Crippen LogP contribution >= 0.6 is 0 Å². The summed E-state index contributed by atoms with van der Waals surface area (Å²) < 4.78 is 5.25. The van der Waals surface area contributed by atoms with Crippen LogP contribution in [0, 0.1) is 5.41 Å². The van der Waals surface area contributed by atoms with Crippen molar-refractivity contribution < 1.29 is 14.3 Å². The van der Waals surface area contributed by atoms with Gasteiger partial charge < -0.3 is 19.9 Å². The molecule has 2 unspecified atom stereocenters. The number of carbonyl (C=O) groups is 2. The molecule has 0 aliphatic carbocycles. The zero-order valence-corrected chi connectivity index (χ0v) is 16.6. The number of amides is 2. The second kappa shape index (κ2) is 8.15. The van der Waals surface area contributed by atoms with Crippen LogP contribution in [0.4, 0.5) is 4.79 Å². The molecule has 0 aromatic heterocycles. The maximum atomic E-state index is 12.2. The van der Waals surface area contributed by atoms with Gasteiger partial charge in [-0.3, -0.25) is 4.79 Å². The third kappa shape index (κ3) is 3.71. The van der Waals surface area contributed by atoms with E-state index in [1.54, 1.807) is 0 Å². The maximum absolute atomic E-state index is 12.2.